The van der Waals surface area contributed by atoms with Crippen molar-refractivity contribution in [1.82, 2.24) is 19.5 Å². The van der Waals surface area contributed by atoms with Gasteiger partial charge in [0.25, 0.3) is 5.91 Å². The topological polar surface area (TPSA) is 108 Å². The van der Waals surface area contributed by atoms with E-state index >= 15 is 0 Å². The number of aromatic amines is 1. The lowest BCUT2D eigenvalue weighted by Crippen LogP contribution is -2.30. The molecular formula is C13H17N5O3S. The van der Waals surface area contributed by atoms with Crippen LogP contribution >= 0.6 is 0 Å². The number of benzene rings is 1. The summed E-state index contributed by atoms with van der Waals surface area (Å²) < 4.78 is 26.0. The van der Waals surface area contributed by atoms with E-state index < -0.39 is 15.9 Å². The first-order valence-corrected chi connectivity index (χ1v) is 8.20. The number of rotatable bonds is 6. The van der Waals surface area contributed by atoms with E-state index in [2.05, 4.69) is 20.5 Å². The van der Waals surface area contributed by atoms with Crippen molar-refractivity contribution >= 4 is 21.9 Å². The second-order valence-corrected chi connectivity index (χ2v) is 6.34. The summed E-state index contributed by atoms with van der Waals surface area (Å²) in [6.07, 6.45) is 1.27. The Labute approximate surface area is 128 Å². The lowest BCUT2D eigenvalue weighted by molar-refractivity contribution is 0.102. The Bertz CT molecular complexity index is 722. The minimum atomic E-state index is -3.52. The van der Waals surface area contributed by atoms with Crippen molar-refractivity contribution in [3.05, 3.63) is 36.2 Å². The first kappa shape index (κ1) is 16.1. The zero-order valence-corrected chi connectivity index (χ0v) is 13.1. The van der Waals surface area contributed by atoms with Crippen LogP contribution in [0.3, 0.4) is 0 Å². The molecule has 0 fully saturated rings. The van der Waals surface area contributed by atoms with Gasteiger partial charge in [-0.05, 0) is 24.3 Å². The summed E-state index contributed by atoms with van der Waals surface area (Å²) in [6.45, 7) is 4.35. The molecule has 2 rings (SSSR count). The number of anilines is 1. The molecule has 1 heterocycles. The zero-order valence-electron chi connectivity index (χ0n) is 12.3. The van der Waals surface area contributed by atoms with Crippen LogP contribution in [0.1, 0.15) is 24.2 Å². The normalized spacial score (nSPS) is 11.6. The fourth-order valence-electron chi connectivity index (χ4n) is 1.94. The number of nitrogens with zero attached hydrogens (tertiary/aromatic N) is 3. The predicted molar refractivity (Wildman–Crippen MR) is 80.9 cm³/mol. The van der Waals surface area contributed by atoms with E-state index in [-0.39, 0.29) is 10.8 Å². The van der Waals surface area contributed by atoms with Crippen LogP contribution in [0.5, 0.6) is 0 Å². The Morgan fingerprint density at radius 1 is 1.23 bits per heavy atom. The average Bonchev–Trinajstić information content (AvgIpc) is 3.01. The number of H-pyrrole nitrogens is 1. The molecule has 118 valence electrons. The van der Waals surface area contributed by atoms with Gasteiger partial charge in [0, 0.05) is 18.7 Å². The zero-order chi connectivity index (χ0) is 16.2. The van der Waals surface area contributed by atoms with Gasteiger partial charge in [0.2, 0.25) is 16.0 Å². The highest BCUT2D eigenvalue weighted by Crippen LogP contribution is 2.16. The van der Waals surface area contributed by atoms with E-state index in [1.54, 1.807) is 13.8 Å². The predicted octanol–water partition coefficient (Wildman–Crippen LogP) is 1.09. The van der Waals surface area contributed by atoms with Crippen LogP contribution in [0.2, 0.25) is 0 Å². The van der Waals surface area contributed by atoms with Crippen LogP contribution in [0.25, 0.3) is 0 Å². The molecule has 0 saturated carbocycles. The number of sulfonamides is 1. The second kappa shape index (κ2) is 6.67. The Balaban J connectivity index is 2.18. The molecule has 0 bridgehead atoms. The molecule has 2 aromatic rings. The van der Waals surface area contributed by atoms with Crippen LogP contribution in [0.4, 0.5) is 5.95 Å². The molecule has 0 aliphatic heterocycles. The molecule has 1 aromatic heterocycles. The number of carbonyl (C=O) groups excluding carboxylic acids is 1. The van der Waals surface area contributed by atoms with Gasteiger partial charge in [-0.15, -0.1) is 0 Å². The molecular weight excluding hydrogens is 306 g/mol. The van der Waals surface area contributed by atoms with Gasteiger partial charge in [-0.1, -0.05) is 13.8 Å². The number of hydrogen-bond acceptors (Lipinski definition) is 5. The van der Waals surface area contributed by atoms with Crippen molar-refractivity contribution in [1.29, 1.82) is 0 Å². The SMILES string of the molecule is CCN(CC)S(=O)(=O)c1ccc(C(=O)Nc2ncn[nH]2)cc1. The molecule has 2 N–H and O–H groups in total. The van der Waals surface area contributed by atoms with Crippen molar-refractivity contribution in [3.8, 4) is 0 Å². The Morgan fingerprint density at radius 3 is 2.36 bits per heavy atom. The lowest BCUT2D eigenvalue weighted by atomic mass is 10.2. The molecule has 1 amide bonds. The van der Waals surface area contributed by atoms with E-state index in [1.807, 2.05) is 0 Å². The van der Waals surface area contributed by atoms with Gasteiger partial charge in [0.1, 0.15) is 6.33 Å². The lowest BCUT2D eigenvalue weighted by Gasteiger charge is -2.18. The van der Waals surface area contributed by atoms with E-state index in [9.17, 15) is 13.2 Å². The highest BCUT2D eigenvalue weighted by molar-refractivity contribution is 7.89. The third-order valence-corrected chi connectivity index (χ3v) is 5.17. The van der Waals surface area contributed by atoms with Gasteiger partial charge in [0.05, 0.1) is 4.90 Å². The summed E-state index contributed by atoms with van der Waals surface area (Å²) in [7, 11) is -3.52. The Morgan fingerprint density at radius 2 is 1.86 bits per heavy atom. The summed E-state index contributed by atoms with van der Waals surface area (Å²) >= 11 is 0. The van der Waals surface area contributed by atoms with Gasteiger partial charge in [-0.2, -0.15) is 14.4 Å². The molecule has 0 aliphatic carbocycles. The molecule has 0 unspecified atom stereocenters. The van der Waals surface area contributed by atoms with Gasteiger partial charge in [-0.3, -0.25) is 10.1 Å². The molecule has 0 radical (unpaired) electrons. The Hall–Kier alpha value is -2.26. The maximum absolute atomic E-state index is 12.3. The number of carbonyl (C=O) groups is 1. The fourth-order valence-corrected chi connectivity index (χ4v) is 3.39. The van der Waals surface area contributed by atoms with Crippen molar-refractivity contribution in [2.75, 3.05) is 18.4 Å². The smallest absolute Gasteiger partial charge is 0.258 e. The number of aromatic nitrogens is 3. The maximum atomic E-state index is 12.3. The number of hydrogen-bond donors (Lipinski definition) is 2. The average molecular weight is 323 g/mol. The molecule has 22 heavy (non-hydrogen) atoms. The first-order valence-electron chi connectivity index (χ1n) is 6.76. The molecule has 0 spiro atoms. The summed E-state index contributed by atoms with van der Waals surface area (Å²) in [4.78, 5) is 15.9. The van der Waals surface area contributed by atoms with E-state index in [4.69, 9.17) is 0 Å². The molecule has 9 heteroatoms. The monoisotopic (exact) mass is 323 g/mol. The fraction of sp³-hybridized carbons (Fsp3) is 0.308. The number of amides is 1. The van der Waals surface area contributed by atoms with Crippen molar-refractivity contribution in [2.45, 2.75) is 18.7 Å². The molecule has 0 saturated heterocycles. The summed E-state index contributed by atoms with van der Waals surface area (Å²) in [5.74, 6) is -0.173. The molecule has 8 nitrogen and oxygen atoms in total. The van der Waals surface area contributed by atoms with Gasteiger partial charge >= 0.3 is 0 Å². The molecule has 0 aliphatic rings. The largest absolute Gasteiger partial charge is 0.291 e. The van der Waals surface area contributed by atoms with Crippen molar-refractivity contribution < 1.29 is 13.2 Å². The maximum Gasteiger partial charge on any atom is 0.258 e. The second-order valence-electron chi connectivity index (χ2n) is 4.40. The summed E-state index contributed by atoms with van der Waals surface area (Å²) in [6, 6.07) is 5.76. The summed E-state index contributed by atoms with van der Waals surface area (Å²) in [5, 5.41) is 8.64. The van der Waals surface area contributed by atoms with Crippen LogP contribution in [-0.2, 0) is 10.0 Å². The minimum absolute atomic E-state index is 0.160. The van der Waals surface area contributed by atoms with Crippen LogP contribution < -0.4 is 5.32 Å². The van der Waals surface area contributed by atoms with Gasteiger partial charge < -0.3 is 0 Å². The Kier molecular flexibility index (Phi) is 4.88. The first-order chi connectivity index (χ1) is 10.5. The quantitative estimate of drug-likeness (QED) is 0.827. The number of nitrogens with one attached hydrogen (secondary N) is 2. The third-order valence-electron chi connectivity index (χ3n) is 3.11. The van der Waals surface area contributed by atoms with E-state index in [0.717, 1.165) is 0 Å². The summed E-state index contributed by atoms with van der Waals surface area (Å²) in [5.41, 5.74) is 0.329. The van der Waals surface area contributed by atoms with Gasteiger partial charge in [-0.25, -0.2) is 13.5 Å². The van der Waals surface area contributed by atoms with Crippen LogP contribution in [-0.4, -0.2) is 46.9 Å². The van der Waals surface area contributed by atoms with Crippen molar-refractivity contribution in [2.24, 2.45) is 0 Å². The highest BCUT2D eigenvalue weighted by Gasteiger charge is 2.21. The third kappa shape index (κ3) is 3.31. The van der Waals surface area contributed by atoms with Crippen LogP contribution in [0, 0.1) is 0 Å². The highest BCUT2D eigenvalue weighted by atomic mass is 32.2. The van der Waals surface area contributed by atoms with Gasteiger partial charge in [0.15, 0.2) is 0 Å². The molecule has 1 aromatic carbocycles. The molecule has 0 atom stereocenters. The van der Waals surface area contributed by atoms with E-state index in [0.29, 0.717) is 18.7 Å². The van der Waals surface area contributed by atoms with E-state index in [1.165, 1.54) is 34.9 Å². The standard InChI is InChI=1S/C13H17N5O3S/c1-3-18(4-2)22(20,21)11-7-5-10(6-8-11)12(19)16-13-14-9-15-17-13/h5-9H,3-4H2,1-2H3,(H2,14,15,16,17,19). The van der Waals surface area contributed by atoms with Crippen LogP contribution in [0.15, 0.2) is 35.5 Å². The minimum Gasteiger partial charge on any atom is -0.291 e. The van der Waals surface area contributed by atoms with Crippen molar-refractivity contribution in [3.63, 3.8) is 0 Å².